The molecule has 1 aliphatic rings. The fourth-order valence-electron chi connectivity index (χ4n) is 3.73. The highest BCUT2D eigenvalue weighted by Gasteiger charge is 2.19. The first-order valence-corrected chi connectivity index (χ1v) is 12.1. The van der Waals surface area contributed by atoms with Gasteiger partial charge in [-0.1, -0.05) is 0 Å². The van der Waals surface area contributed by atoms with E-state index in [0.29, 0.717) is 34.9 Å². The number of carbonyl (C=O) groups is 3. The molecule has 0 unspecified atom stereocenters. The Morgan fingerprint density at radius 2 is 1.51 bits per heavy atom. The van der Waals surface area contributed by atoms with E-state index < -0.39 is 0 Å². The van der Waals surface area contributed by atoms with Crippen molar-refractivity contribution in [2.45, 2.75) is 52.5 Å². The van der Waals surface area contributed by atoms with Gasteiger partial charge in [0, 0.05) is 35.4 Å². The summed E-state index contributed by atoms with van der Waals surface area (Å²) in [7, 11) is 0. The molecule has 3 rings (SSSR count). The van der Waals surface area contributed by atoms with Crippen LogP contribution < -0.4 is 20.1 Å². The third-order valence-corrected chi connectivity index (χ3v) is 5.46. The lowest BCUT2D eigenvalue weighted by Gasteiger charge is -2.26. The molecule has 0 spiro atoms. The number of anilines is 1. The normalized spacial score (nSPS) is 13.7. The standard InChI is InChI=1S/C27H35N3O5/c1-5-34-23-17-20(11-14-22(23)35-18-24(31)30-15-7-6-8-16-30)25(32)28-21-12-9-19(10-13-21)26(33)29-27(2,3)4/h9-14,17H,5-8,15-16,18H2,1-4H3,(H,28,32)(H,29,33). The van der Waals surface area contributed by atoms with E-state index in [1.54, 1.807) is 42.5 Å². The van der Waals surface area contributed by atoms with Crippen molar-refractivity contribution in [1.29, 1.82) is 0 Å². The van der Waals surface area contributed by atoms with Gasteiger partial charge in [0.2, 0.25) is 0 Å². The number of ether oxygens (including phenoxy) is 2. The summed E-state index contributed by atoms with van der Waals surface area (Å²) < 4.78 is 11.4. The van der Waals surface area contributed by atoms with Crippen LogP contribution in [-0.2, 0) is 4.79 Å². The van der Waals surface area contributed by atoms with Crippen LogP contribution in [0.1, 0.15) is 67.7 Å². The van der Waals surface area contributed by atoms with E-state index in [1.807, 2.05) is 32.6 Å². The number of likely N-dealkylation sites (tertiary alicyclic amines) is 1. The van der Waals surface area contributed by atoms with Crippen LogP contribution in [-0.4, -0.2) is 54.5 Å². The van der Waals surface area contributed by atoms with Crippen LogP contribution in [0.4, 0.5) is 5.69 Å². The number of amides is 3. The molecule has 2 aromatic carbocycles. The van der Waals surface area contributed by atoms with E-state index in [0.717, 1.165) is 32.4 Å². The Bertz CT molecular complexity index is 1040. The van der Waals surface area contributed by atoms with Crippen LogP contribution in [0.15, 0.2) is 42.5 Å². The Balaban J connectivity index is 1.63. The molecule has 0 radical (unpaired) electrons. The van der Waals surface area contributed by atoms with Crippen molar-refractivity contribution in [3.63, 3.8) is 0 Å². The van der Waals surface area contributed by atoms with Gasteiger partial charge in [-0.25, -0.2) is 0 Å². The molecule has 1 saturated heterocycles. The van der Waals surface area contributed by atoms with E-state index in [2.05, 4.69) is 10.6 Å². The second kappa shape index (κ2) is 11.7. The Labute approximate surface area is 207 Å². The zero-order valence-corrected chi connectivity index (χ0v) is 21.0. The monoisotopic (exact) mass is 481 g/mol. The van der Waals surface area contributed by atoms with Crippen molar-refractivity contribution < 1.29 is 23.9 Å². The second-order valence-electron chi connectivity index (χ2n) is 9.56. The molecule has 35 heavy (non-hydrogen) atoms. The van der Waals surface area contributed by atoms with Gasteiger partial charge in [0.1, 0.15) is 0 Å². The number of rotatable bonds is 8. The molecule has 0 saturated carbocycles. The number of carbonyl (C=O) groups excluding carboxylic acids is 3. The fraction of sp³-hybridized carbons (Fsp3) is 0.444. The maximum atomic E-state index is 12.8. The summed E-state index contributed by atoms with van der Waals surface area (Å²) in [5.41, 5.74) is 1.13. The van der Waals surface area contributed by atoms with E-state index in [-0.39, 0.29) is 29.9 Å². The van der Waals surface area contributed by atoms with E-state index in [1.165, 1.54) is 0 Å². The molecule has 1 heterocycles. The van der Waals surface area contributed by atoms with E-state index in [4.69, 9.17) is 9.47 Å². The van der Waals surface area contributed by atoms with Crippen molar-refractivity contribution in [3.8, 4) is 11.5 Å². The quantitative estimate of drug-likeness (QED) is 0.587. The van der Waals surface area contributed by atoms with Gasteiger partial charge in [-0.05, 0) is 89.4 Å². The molecule has 8 nitrogen and oxygen atoms in total. The van der Waals surface area contributed by atoms with E-state index in [9.17, 15) is 14.4 Å². The smallest absolute Gasteiger partial charge is 0.260 e. The Morgan fingerprint density at radius 3 is 2.14 bits per heavy atom. The summed E-state index contributed by atoms with van der Waals surface area (Å²) in [4.78, 5) is 39.3. The number of nitrogens with one attached hydrogen (secondary N) is 2. The fourth-order valence-corrected chi connectivity index (χ4v) is 3.73. The van der Waals surface area contributed by atoms with Gasteiger partial charge < -0.3 is 25.0 Å². The average molecular weight is 482 g/mol. The first kappa shape index (κ1) is 26.1. The minimum atomic E-state index is -0.334. The lowest BCUT2D eigenvalue weighted by Crippen LogP contribution is -2.40. The third-order valence-electron chi connectivity index (χ3n) is 5.46. The van der Waals surface area contributed by atoms with Crippen LogP contribution in [0.3, 0.4) is 0 Å². The minimum absolute atomic E-state index is 0.0476. The molecule has 2 aromatic rings. The lowest BCUT2D eigenvalue weighted by atomic mass is 10.1. The Morgan fingerprint density at radius 1 is 0.857 bits per heavy atom. The van der Waals surface area contributed by atoms with Gasteiger partial charge in [0.15, 0.2) is 18.1 Å². The zero-order chi connectivity index (χ0) is 25.4. The highest BCUT2D eigenvalue weighted by Crippen LogP contribution is 2.29. The van der Waals surface area contributed by atoms with Crippen molar-refractivity contribution in [3.05, 3.63) is 53.6 Å². The van der Waals surface area contributed by atoms with Gasteiger partial charge in [-0.2, -0.15) is 0 Å². The summed E-state index contributed by atoms with van der Waals surface area (Å²) in [6.45, 7) is 9.44. The molecular weight excluding hydrogens is 446 g/mol. The van der Waals surface area contributed by atoms with Crippen molar-refractivity contribution in [2.75, 3.05) is 31.6 Å². The molecule has 0 atom stereocenters. The van der Waals surface area contributed by atoms with Gasteiger partial charge in [0.05, 0.1) is 6.61 Å². The molecule has 0 aliphatic carbocycles. The minimum Gasteiger partial charge on any atom is -0.490 e. The first-order valence-electron chi connectivity index (χ1n) is 12.1. The number of nitrogens with zero attached hydrogens (tertiary/aromatic N) is 1. The van der Waals surface area contributed by atoms with Crippen LogP contribution in [0, 0.1) is 0 Å². The lowest BCUT2D eigenvalue weighted by molar-refractivity contribution is -0.134. The summed E-state index contributed by atoms with van der Waals surface area (Å²) in [6.07, 6.45) is 3.19. The highest BCUT2D eigenvalue weighted by atomic mass is 16.5. The molecular formula is C27H35N3O5. The zero-order valence-electron chi connectivity index (χ0n) is 21.0. The van der Waals surface area contributed by atoms with Crippen molar-refractivity contribution >= 4 is 23.4 Å². The molecule has 3 amide bonds. The summed E-state index contributed by atoms with van der Waals surface area (Å²) >= 11 is 0. The maximum Gasteiger partial charge on any atom is 0.260 e. The molecule has 0 aromatic heterocycles. The molecule has 1 aliphatic heterocycles. The summed E-state index contributed by atoms with van der Waals surface area (Å²) in [5.74, 6) is 0.275. The molecule has 2 N–H and O–H groups in total. The Hall–Kier alpha value is -3.55. The van der Waals surface area contributed by atoms with Crippen LogP contribution in [0.5, 0.6) is 11.5 Å². The van der Waals surface area contributed by atoms with Gasteiger partial charge in [0.25, 0.3) is 17.7 Å². The van der Waals surface area contributed by atoms with Gasteiger partial charge in [-0.15, -0.1) is 0 Å². The van der Waals surface area contributed by atoms with Crippen molar-refractivity contribution in [2.24, 2.45) is 0 Å². The average Bonchev–Trinajstić information content (AvgIpc) is 2.83. The van der Waals surface area contributed by atoms with Crippen LogP contribution in [0.2, 0.25) is 0 Å². The first-order chi connectivity index (χ1) is 16.7. The van der Waals surface area contributed by atoms with Crippen LogP contribution in [0.25, 0.3) is 0 Å². The number of hydrogen-bond acceptors (Lipinski definition) is 5. The number of piperidine rings is 1. The van der Waals surface area contributed by atoms with Gasteiger partial charge >= 0.3 is 0 Å². The summed E-state index contributed by atoms with van der Waals surface area (Å²) in [6, 6.07) is 11.6. The molecule has 188 valence electrons. The molecule has 8 heteroatoms. The van der Waals surface area contributed by atoms with Gasteiger partial charge in [-0.3, -0.25) is 14.4 Å². The summed E-state index contributed by atoms with van der Waals surface area (Å²) in [5, 5.41) is 5.73. The third kappa shape index (κ3) is 7.73. The largest absolute Gasteiger partial charge is 0.490 e. The van der Waals surface area contributed by atoms with Crippen LogP contribution >= 0.6 is 0 Å². The number of benzene rings is 2. The van der Waals surface area contributed by atoms with E-state index >= 15 is 0 Å². The maximum absolute atomic E-state index is 12.8. The molecule has 0 bridgehead atoms. The number of hydrogen-bond donors (Lipinski definition) is 2. The predicted molar refractivity (Wildman–Crippen MR) is 135 cm³/mol. The molecule has 1 fully saturated rings. The predicted octanol–water partition coefficient (Wildman–Crippen LogP) is 4.26. The SMILES string of the molecule is CCOc1cc(C(=O)Nc2ccc(C(=O)NC(C)(C)C)cc2)ccc1OCC(=O)N1CCCCC1. The second-order valence-corrected chi connectivity index (χ2v) is 9.56. The van der Waals surface area contributed by atoms with Crippen molar-refractivity contribution in [1.82, 2.24) is 10.2 Å². The Kier molecular flexibility index (Phi) is 8.73. The topological polar surface area (TPSA) is 97.0 Å². The highest BCUT2D eigenvalue weighted by molar-refractivity contribution is 6.05.